The summed E-state index contributed by atoms with van der Waals surface area (Å²) in [6.07, 6.45) is 5.23. The Balaban J connectivity index is 1.24. The van der Waals surface area contributed by atoms with Crippen molar-refractivity contribution in [2.45, 2.75) is 44.4 Å². The van der Waals surface area contributed by atoms with Gasteiger partial charge >= 0.3 is 5.97 Å². The average molecular weight is 563 g/mol. The molecule has 1 aliphatic heterocycles. The van der Waals surface area contributed by atoms with Crippen LogP contribution in [0.2, 0.25) is 0 Å². The average Bonchev–Trinajstić information content (AvgIpc) is 3.71. The van der Waals surface area contributed by atoms with Crippen LogP contribution in [-0.4, -0.2) is 58.7 Å². The van der Waals surface area contributed by atoms with Crippen LogP contribution in [0.3, 0.4) is 0 Å². The molecule has 212 valence electrons. The molecule has 41 heavy (non-hydrogen) atoms. The molecule has 0 unspecified atom stereocenters. The highest BCUT2D eigenvalue weighted by Gasteiger charge is 2.32. The van der Waals surface area contributed by atoms with Crippen LogP contribution in [0.25, 0.3) is 22.0 Å². The van der Waals surface area contributed by atoms with Crippen LogP contribution < -0.4 is 9.80 Å². The number of piperidine rings is 1. The standard InChI is InChI=1S/C29H28F2N6O4/c1-16(38)40-14-25(39)36(2)24-6-5-19(11-23(24)31)21-12-20(30)13-22-26(21)32-15-33-28(22)37-9-7-17(8-10-37)27-34-29(41-35-27)18-3-4-18/h5-6,11-13,15,17-18H,3-4,7-10,14H2,1-2H3. The maximum atomic E-state index is 15.2. The quantitative estimate of drug-likeness (QED) is 0.295. The third kappa shape index (κ3) is 5.46. The fourth-order valence-corrected chi connectivity index (χ4v) is 5.19. The summed E-state index contributed by atoms with van der Waals surface area (Å²) in [6, 6.07) is 6.95. The number of hydrogen-bond donors (Lipinski definition) is 0. The number of benzene rings is 2. The highest BCUT2D eigenvalue weighted by atomic mass is 19.1. The minimum absolute atomic E-state index is 0.00403. The molecule has 0 bridgehead atoms. The molecule has 0 spiro atoms. The van der Waals surface area contributed by atoms with Crippen LogP contribution in [0, 0.1) is 11.6 Å². The molecule has 0 N–H and O–H groups in total. The van der Waals surface area contributed by atoms with Crippen molar-refractivity contribution >= 4 is 34.3 Å². The van der Waals surface area contributed by atoms with Gasteiger partial charge in [-0.2, -0.15) is 4.98 Å². The summed E-state index contributed by atoms with van der Waals surface area (Å²) in [5, 5.41) is 4.73. The molecule has 0 radical (unpaired) electrons. The van der Waals surface area contributed by atoms with E-state index in [9.17, 15) is 14.0 Å². The summed E-state index contributed by atoms with van der Waals surface area (Å²) in [7, 11) is 1.38. The number of hydrogen-bond acceptors (Lipinski definition) is 9. The van der Waals surface area contributed by atoms with Crippen molar-refractivity contribution in [2.75, 3.05) is 36.5 Å². The van der Waals surface area contributed by atoms with Gasteiger partial charge in [-0.3, -0.25) is 9.59 Å². The monoisotopic (exact) mass is 562 g/mol. The molecule has 2 aromatic heterocycles. The van der Waals surface area contributed by atoms with E-state index in [1.54, 1.807) is 6.07 Å². The van der Waals surface area contributed by atoms with Crippen molar-refractivity contribution in [1.82, 2.24) is 20.1 Å². The molecule has 0 atom stereocenters. The Kier molecular flexibility index (Phi) is 7.06. The SMILES string of the molecule is CC(=O)OCC(=O)N(C)c1ccc(-c2cc(F)cc3c(N4CCC(c5noc(C6CC6)n5)CC4)ncnc23)cc1F. The molecule has 4 aromatic rings. The van der Waals surface area contributed by atoms with Crippen molar-refractivity contribution in [3.63, 3.8) is 0 Å². The van der Waals surface area contributed by atoms with Gasteiger partial charge in [-0.25, -0.2) is 18.7 Å². The molecule has 1 amide bonds. The fourth-order valence-electron chi connectivity index (χ4n) is 5.19. The largest absolute Gasteiger partial charge is 0.456 e. The minimum Gasteiger partial charge on any atom is -0.456 e. The second kappa shape index (κ2) is 10.8. The lowest BCUT2D eigenvalue weighted by Gasteiger charge is -2.32. The van der Waals surface area contributed by atoms with Gasteiger partial charge in [0.2, 0.25) is 5.89 Å². The Hall–Kier alpha value is -4.48. The van der Waals surface area contributed by atoms with E-state index in [1.165, 1.54) is 44.6 Å². The van der Waals surface area contributed by atoms with Gasteiger partial charge in [0.05, 0.1) is 11.2 Å². The van der Waals surface area contributed by atoms with Crippen LogP contribution in [-0.2, 0) is 14.3 Å². The van der Waals surface area contributed by atoms with Gasteiger partial charge < -0.3 is 19.1 Å². The zero-order valence-corrected chi connectivity index (χ0v) is 22.6. The zero-order valence-electron chi connectivity index (χ0n) is 22.6. The first-order valence-corrected chi connectivity index (χ1v) is 13.5. The van der Waals surface area contributed by atoms with Crippen molar-refractivity contribution in [3.8, 4) is 11.1 Å². The van der Waals surface area contributed by atoms with E-state index in [1.807, 2.05) is 0 Å². The number of amides is 1. The predicted molar refractivity (Wildman–Crippen MR) is 145 cm³/mol. The van der Waals surface area contributed by atoms with Gasteiger partial charge in [-0.1, -0.05) is 11.2 Å². The Labute approximate surface area is 234 Å². The first kappa shape index (κ1) is 26.7. The molecule has 1 saturated heterocycles. The van der Waals surface area contributed by atoms with Crippen LogP contribution in [0.4, 0.5) is 20.3 Å². The van der Waals surface area contributed by atoms with E-state index in [4.69, 9.17) is 9.26 Å². The van der Waals surface area contributed by atoms with Crippen LogP contribution in [0.1, 0.15) is 56.2 Å². The molecule has 1 aliphatic carbocycles. The number of esters is 1. The molecule has 3 heterocycles. The fraction of sp³-hybridized carbons (Fsp3) is 0.379. The van der Waals surface area contributed by atoms with E-state index < -0.39 is 30.1 Å². The summed E-state index contributed by atoms with van der Waals surface area (Å²) in [5.74, 6) is 0.281. The zero-order chi connectivity index (χ0) is 28.7. The van der Waals surface area contributed by atoms with Gasteiger partial charge in [-0.05, 0) is 55.5 Å². The smallest absolute Gasteiger partial charge is 0.303 e. The van der Waals surface area contributed by atoms with Crippen molar-refractivity contribution < 1.29 is 27.6 Å². The van der Waals surface area contributed by atoms with E-state index >= 15 is 4.39 Å². The van der Waals surface area contributed by atoms with E-state index in [0.717, 1.165) is 42.3 Å². The van der Waals surface area contributed by atoms with Gasteiger partial charge in [0.1, 0.15) is 23.8 Å². The number of anilines is 2. The van der Waals surface area contributed by atoms with Gasteiger partial charge in [-0.15, -0.1) is 0 Å². The third-order valence-electron chi connectivity index (χ3n) is 7.62. The Morgan fingerprint density at radius 2 is 1.85 bits per heavy atom. The van der Waals surface area contributed by atoms with Gasteiger partial charge in [0, 0.05) is 49.8 Å². The number of carbonyl (C=O) groups is 2. The van der Waals surface area contributed by atoms with Gasteiger partial charge in [0.15, 0.2) is 12.4 Å². The second-order valence-corrected chi connectivity index (χ2v) is 10.5. The molecule has 1 saturated carbocycles. The lowest BCUT2D eigenvalue weighted by molar-refractivity contribution is -0.145. The Morgan fingerprint density at radius 1 is 1.07 bits per heavy atom. The Morgan fingerprint density at radius 3 is 2.56 bits per heavy atom. The molecule has 2 fully saturated rings. The first-order valence-electron chi connectivity index (χ1n) is 13.5. The van der Waals surface area contributed by atoms with E-state index in [2.05, 4.69) is 25.0 Å². The highest BCUT2D eigenvalue weighted by Crippen LogP contribution is 2.40. The van der Waals surface area contributed by atoms with Crippen LogP contribution >= 0.6 is 0 Å². The number of halogens is 2. The van der Waals surface area contributed by atoms with E-state index in [-0.39, 0.29) is 11.6 Å². The summed E-state index contributed by atoms with van der Waals surface area (Å²) >= 11 is 0. The number of carbonyl (C=O) groups excluding carboxylic acids is 2. The number of aromatic nitrogens is 4. The summed E-state index contributed by atoms with van der Waals surface area (Å²) in [6.45, 7) is 2.03. The van der Waals surface area contributed by atoms with Crippen LogP contribution in [0.5, 0.6) is 0 Å². The van der Waals surface area contributed by atoms with Crippen LogP contribution in [0.15, 0.2) is 41.2 Å². The predicted octanol–water partition coefficient (Wildman–Crippen LogP) is 4.75. The lowest BCUT2D eigenvalue weighted by atomic mass is 9.95. The van der Waals surface area contributed by atoms with Crippen molar-refractivity contribution in [2.24, 2.45) is 0 Å². The number of fused-ring (bicyclic) bond motifs is 1. The number of rotatable bonds is 7. The molecular formula is C29H28F2N6O4. The summed E-state index contributed by atoms with van der Waals surface area (Å²) in [5.41, 5.74) is 1.27. The Bertz CT molecular complexity index is 1630. The third-order valence-corrected chi connectivity index (χ3v) is 7.62. The van der Waals surface area contributed by atoms with Crippen molar-refractivity contribution in [1.29, 1.82) is 0 Å². The summed E-state index contributed by atoms with van der Waals surface area (Å²) < 4.78 is 40.3. The summed E-state index contributed by atoms with van der Waals surface area (Å²) in [4.78, 5) is 40.0. The molecular weight excluding hydrogens is 534 g/mol. The highest BCUT2D eigenvalue weighted by molar-refractivity contribution is 6.00. The number of likely N-dealkylation sites (N-methyl/N-ethyl adjacent to an activating group) is 1. The minimum atomic E-state index is -0.693. The van der Waals surface area contributed by atoms with Crippen molar-refractivity contribution in [3.05, 3.63) is 60.0 Å². The molecule has 12 heteroatoms. The van der Waals surface area contributed by atoms with E-state index in [0.29, 0.717) is 46.9 Å². The maximum absolute atomic E-state index is 15.2. The topological polar surface area (TPSA) is 115 Å². The molecule has 2 aromatic carbocycles. The number of nitrogens with zero attached hydrogens (tertiary/aromatic N) is 6. The first-order chi connectivity index (χ1) is 19.8. The maximum Gasteiger partial charge on any atom is 0.303 e. The molecule has 2 aliphatic rings. The molecule has 6 rings (SSSR count). The molecule has 10 nitrogen and oxygen atoms in total. The normalized spacial score (nSPS) is 15.8. The number of ether oxygens (including phenoxy) is 1. The second-order valence-electron chi connectivity index (χ2n) is 10.5. The van der Waals surface area contributed by atoms with Gasteiger partial charge in [0.25, 0.3) is 5.91 Å². The lowest BCUT2D eigenvalue weighted by Crippen LogP contribution is -2.34.